The van der Waals surface area contributed by atoms with Crippen LogP contribution in [-0.4, -0.2) is 28.3 Å². The minimum Gasteiger partial charge on any atom is -0.393 e. The lowest BCUT2D eigenvalue weighted by Gasteiger charge is -2.25. The fourth-order valence-corrected chi connectivity index (χ4v) is 3.42. The smallest absolute Gasteiger partial charge is 0.273 e. The van der Waals surface area contributed by atoms with Crippen LogP contribution >= 0.6 is 22.9 Å². The van der Waals surface area contributed by atoms with E-state index in [1.54, 1.807) is 12.1 Å². The van der Waals surface area contributed by atoms with E-state index in [2.05, 4.69) is 10.5 Å². The Morgan fingerprint density at radius 2 is 2.14 bits per heavy atom. The molecule has 0 atom stereocenters. The summed E-state index contributed by atoms with van der Waals surface area (Å²) in [4.78, 5) is 13.0. The standard InChI is InChI=1S/C14H15ClN2O3S/c15-13-6-5-12(21-13)11-7-10(17-20-11)14(19)16-8-1-3-9(18)4-2-8/h5-9,18H,1-4H2,(H,16,19). The molecule has 0 bridgehead atoms. The zero-order valence-corrected chi connectivity index (χ0v) is 12.8. The van der Waals surface area contributed by atoms with Crippen molar-refractivity contribution < 1.29 is 14.4 Å². The summed E-state index contributed by atoms with van der Waals surface area (Å²) in [6.45, 7) is 0. The summed E-state index contributed by atoms with van der Waals surface area (Å²) in [7, 11) is 0. The summed E-state index contributed by atoms with van der Waals surface area (Å²) in [6, 6.07) is 5.32. The molecule has 2 aromatic heterocycles. The highest BCUT2D eigenvalue weighted by molar-refractivity contribution is 7.19. The largest absolute Gasteiger partial charge is 0.393 e. The molecule has 2 heterocycles. The van der Waals surface area contributed by atoms with Gasteiger partial charge in [0, 0.05) is 12.1 Å². The first-order valence-electron chi connectivity index (χ1n) is 6.83. The van der Waals surface area contributed by atoms with Crippen LogP contribution in [0.25, 0.3) is 10.6 Å². The van der Waals surface area contributed by atoms with E-state index < -0.39 is 0 Å². The molecular weight excluding hydrogens is 312 g/mol. The van der Waals surface area contributed by atoms with E-state index in [0.29, 0.717) is 10.1 Å². The third kappa shape index (κ3) is 3.45. The number of hydrogen-bond donors (Lipinski definition) is 2. The second kappa shape index (κ2) is 6.17. The monoisotopic (exact) mass is 326 g/mol. The van der Waals surface area contributed by atoms with Gasteiger partial charge in [0.2, 0.25) is 0 Å². The third-order valence-corrected chi connectivity index (χ3v) is 4.84. The molecule has 3 rings (SSSR count). The maximum atomic E-state index is 12.1. The molecule has 0 saturated heterocycles. The predicted octanol–water partition coefficient (Wildman–Crippen LogP) is 3.09. The number of hydrogen-bond acceptors (Lipinski definition) is 5. The van der Waals surface area contributed by atoms with Gasteiger partial charge in [-0.2, -0.15) is 0 Å². The van der Waals surface area contributed by atoms with Crippen molar-refractivity contribution >= 4 is 28.8 Å². The predicted molar refractivity (Wildman–Crippen MR) is 80.6 cm³/mol. The first-order valence-corrected chi connectivity index (χ1v) is 8.02. The Kier molecular flexibility index (Phi) is 4.28. The van der Waals surface area contributed by atoms with Crippen LogP contribution in [0.2, 0.25) is 4.34 Å². The van der Waals surface area contributed by atoms with Crippen LogP contribution in [0, 0.1) is 0 Å². The topological polar surface area (TPSA) is 75.4 Å². The summed E-state index contributed by atoms with van der Waals surface area (Å²) in [5.41, 5.74) is 0.264. The summed E-state index contributed by atoms with van der Waals surface area (Å²) in [5, 5.41) is 16.2. The fourth-order valence-electron chi connectivity index (χ4n) is 2.42. The van der Waals surface area contributed by atoms with Gasteiger partial charge in [-0.05, 0) is 37.8 Å². The zero-order valence-electron chi connectivity index (χ0n) is 11.2. The Morgan fingerprint density at radius 3 is 2.81 bits per heavy atom. The van der Waals surface area contributed by atoms with Gasteiger partial charge < -0.3 is 14.9 Å². The molecule has 1 aliphatic rings. The van der Waals surface area contributed by atoms with Gasteiger partial charge in [0.25, 0.3) is 5.91 Å². The Hall–Kier alpha value is -1.37. The molecule has 0 spiro atoms. The molecule has 1 saturated carbocycles. The van der Waals surface area contributed by atoms with Gasteiger partial charge in [-0.1, -0.05) is 16.8 Å². The van der Waals surface area contributed by atoms with E-state index in [-0.39, 0.29) is 23.7 Å². The molecule has 1 aliphatic carbocycles. The molecule has 5 nitrogen and oxygen atoms in total. The van der Waals surface area contributed by atoms with E-state index in [1.165, 1.54) is 11.3 Å². The van der Waals surface area contributed by atoms with Gasteiger partial charge in [0.1, 0.15) is 0 Å². The van der Waals surface area contributed by atoms with Gasteiger partial charge in [-0.25, -0.2) is 0 Å². The number of aliphatic hydroxyl groups excluding tert-OH is 1. The Labute approximate surface area is 130 Å². The highest BCUT2D eigenvalue weighted by atomic mass is 35.5. The van der Waals surface area contributed by atoms with Crippen molar-refractivity contribution in [2.75, 3.05) is 0 Å². The van der Waals surface area contributed by atoms with E-state index in [4.69, 9.17) is 16.1 Å². The molecule has 112 valence electrons. The summed E-state index contributed by atoms with van der Waals surface area (Å²) < 4.78 is 5.85. The van der Waals surface area contributed by atoms with Crippen molar-refractivity contribution in [3.63, 3.8) is 0 Å². The van der Waals surface area contributed by atoms with Crippen molar-refractivity contribution in [2.24, 2.45) is 0 Å². The molecule has 0 radical (unpaired) electrons. The van der Waals surface area contributed by atoms with Crippen molar-refractivity contribution in [2.45, 2.75) is 37.8 Å². The van der Waals surface area contributed by atoms with E-state index in [1.807, 2.05) is 6.07 Å². The van der Waals surface area contributed by atoms with E-state index >= 15 is 0 Å². The average molecular weight is 327 g/mol. The lowest BCUT2D eigenvalue weighted by atomic mass is 9.93. The van der Waals surface area contributed by atoms with Gasteiger partial charge in [-0.3, -0.25) is 4.79 Å². The zero-order chi connectivity index (χ0) is 14.8. The second-order valence-corrected chi connectivity index (χ2v) is 6.87. The highest BCUT2D eigenvalue weighted by Crippen LogP contribution is 2.31. The molecular formula is C14H15ClN2O3S. The molecule has 2 aromatic rings. The second-order valence-electron chi connectivity index (χ2n) is 5.16. The number of amides is 1. The van der Waals surface area contributed by atoms with E-state index in [0.717, 1.165) is 30.6 Å². The lowest BCUT2D eigenvalue weighted by molar-refractivity contribution is 0.0859. The van der Waals surface area contributed by atoms with Gasteiger partial charge in [-0.15, -0.1) is 11.3 Å². The van der Waals surface area contributed by atoms with Crippen LogP contribution in [0.15, 0.2) is 22.7 Å². The van der Waals surface area contributed by atoms with Crippen molar-refractivity contribution in [3.05, 3.63) is 28.2 Å². The molecule has 7 heteroatoms. The molecule has 2 N–H and O–H groups in total. The number of nitrogens with zero attached hydrogens (tertiary/aromatic N) is 1. The van der Waals surface area contributed by atoms with Crippen LogP contribution in [0.5, 0.6) is 0 Å². The Bertz CT molecular complexity index is 632. The molecule has 1 amide bonds. The maximum Gasteiger partial charge on any atom is 0.273 e. The van der Waals surface area contributed by atoms with Gasteiger partial charge in [0.05, 0.1) is 15.3 Å². The summed E-state index contributed by atoms with van der Waals surface area (Å²) >= 11 is 7.25. The first-order chi connectivity index (χ1) is 10.1. The fraction of sp³-hybridized carbons (Fsp3) is 0.429. The van der Waals surface area contributed by atoms with Crippen molar-refractivity contribution in [3.8, 4) is 10.6 Å². The third-order valence-electron chi connectivity index (χ3n) is 3.59. The SMILES string of the molecule is O=C(NC1CCC(O)CC1)c1cc(-c2ccc(Cl)s2)on1. The number of nitrogens with one attached hydrogen (secondary N) is 1. The number of aromatic nitrogens is 1. The normalized spacial score (nSPS) is 22.2. The molecule has 0 aromatic carbocycles. The summed E-state index contributed by atoms with van der Waals surface area (Å²) in [5.74, 6) is 0.296. The van der Waals surface area contributed by atoms with E-state index in [9.17, 15) is 9.90 Å². The molecule has 0 aliphatic heterocycles. The van der Waals surface area contributed by atoms with Crippen LogP contribution in [0.3, 0.4) is 0 Å². The van der Waals surface area contributed by atoms with Gasteiger partial charge >= 0.3 is 0 Å². The minimum absolute atomic E-state index is 0.0947. The number of thiophene rings is 1. The maximum absolute atomic E-state index is 12.1. The van der Waals surface area contributed by atoms with Gasteiger partial charge in [0.15, 0.2) is 11.5 Å². The minimum atomic E-state index is -0.242. The molecule has 1 fully saturated rings. The van der Waals surface area contributed by atoms with Crippen molar-refractivity contribution in [1.82, 2.24) is 10.5 Å². The van der Waals surface area contributed by atoms with Crippen LogP contribution < -0.4 is 5.32 Å². The summed E-state index contributed by atoms with van der Waals surface area (Å²) in [6.07, 6.45) is 2.79. The number of carbonyl (C=O) groups excluding carboxylic acids is 1. The van der Waals surface area contributed by atoms with Crippen LogP contribution in [0.4, 0.5) is 0 Å². The number of carbonyl (C=O) groups is 1. The Balaban J connectivity index is 1.64. The lowest BCUT2D eigenvalue weighted by Crippen LogP contribution is -2.38. The highest BCUT2D eigenvalue weighted by Gasteiger charge is 2.23. The number of halogens is 1. The van der Waals surface area contributed by atoms with Crippen molar-refractivity contribution in [1.29, 1.82) is 0 Å². The molecule has 21 heavy (non-hydrogen) atoms. The first kappa shape index (κ1) is 14.6. The van der Waals surface area contributed by atoms with Crippen LogP contribution in [0.1, 0.15) is 36.2 Å². The van der Waals surface area contributed by atoms with Crippen LogP contribution in [-0.2, 0) is 0 Å². The Morgan fingerprint density at radius 1 is 1.38 bits per heavy atom. The average Bonchev–Trinajstić information content (AvgIpc) is 3.10. The number of rotatable bonds is 3. The molecule has 0 unspecified atom stereocenters. The number of aliphatic hydroxyl groups is 1. The quantitative estimate of drug-likeness (QED) is 0.908.